The average Bonchev–Trinajstić information content (AvgIpc) is 3.10. The van der Waals surface area contributed by atoms with Crippen molar-refractivity contribution in [3.63, 3.8) is 0 Å². The zero-order valence-corrected chi connectivity index (χ0v) is 21.9. The Kier molecular flexibility index (Phi) is 9.93. The molecule has 1 aliphatic rings. The maximum Gasteiger partial charge on any atom is 0.295 e. The van der Waals surface area contributed by atoms with Gasteiger partial charge in [0, 0.05) is 17.1 Å². The predicted molar refractivity (Wildman–Crippen MR) is 143 cm³/mol. The van der Waals surface area contributed by atoms with Gasteiger partial charge in [-0.05, 0) is 75.6 Å². The number of nitrogens with zero attached hydrogens (tertiary/aromatic N) is 2. The molecule has 1 saturated heterocycles. The number of carbonyl (C=O) groups excluding carboxylic acids is 2. The summed E-state index contributed by atoms with van der Waals surface area (Å²) in [4.78, 5) is 30.4. The third-order valence-electron chi connectivity index (χ3n) is 6.58. The number of hydrogen-bond donors (Lipinski definition) is 1. The Morgan fingerprint density at radius 3 is 2.06 bits per heavy atom. The van der Waals surface area contributed by atoms with E-state index in [1.807, 2.05) is 31.2 Å². The molecule has 0 aliphatic carbocycles. The molecule has 0 aromatic heterocycles. The molecule has 0 bridgehead atoms. The van der Waals surface area contributed by atoms with Crippen molar-refractivity contribution in [1.29, 1.82) is 0 Å². The molecule has 1 aliphatic heterocycles. The van der Waals surface area contributed by atoms with Gasteiger partial charge in [0.15, 0.2) is 0 Å². The predicted octanol–water partition coefficient (Wildman–Crippen LogP) is 6.36. The van der Waals surface area contributed by atoms with Gasteiger partial charge in [-0.1, -0.05) is 68.1 Å². The van der Waals surface area contributed by atoms with E-state index in [1.54, 1.807) is 29.2 Å². The van der Waals surface area contributed by atoms with Gasteiger partial charge in [0.2, 0.25) is 0 Å². The Balaban J connectivity index is 1.90. The second-order valence-electron chi connectivity index (χ2n) is 9.31. The summed E-state index contributed by atoms with van der Waals surface area (Å²) in [5.74, 6) is -1.36. The standard InChI is InChI=1S/C29H37ClN2O3/c1-4-6-17-31(18-7-5-2)19-8-20-32-26(22-11-9-21(3)10-12-22)25(28(34)29(32)35)27(33)23-13-15-24(30)16-14-23/h9-16,26,33H,4-8,17-20H2,1-3H3/t26-/m0/s1. The molecule has 0 spiro atoms. The van der Waals surface area contributed by atoms with Crippen molar-refractivity contribution in [2.45, 2.75) is 58.9 Å². The summed E-state index contributed by atoms with van der Waals surface area (Å²) in [6, 6.07) is 13.8. The van der Waals surface area contributed by atoms with Crippen molar-refractivity contribution in [1.82, 2.24) is 9.80 Å². The number of benzene rings is 2. The van der Waals surface area contributed by atoms with Gasteiger partial charge in [-0.2, -0.15) is 0 Å². The SMILES string of the molecule is CCCCN(CCCC)CCCN1C(=O)C(=O)C(=C(O)c2ccc(Cl)cc2)[C@@H]1c1ccc(C)cc1. The van der Waals surface area contributed by atoms with E-state index in [9.17, 15) is 14.7 Å². The first-order valence-corrected chi connectivity index (χ1v) is 13.1. The Labute approximate surface area is 214 Å². The van der Waals surface area contributed by atoms with E-state index < -0.39 is 17.7 Å². The number of ketones is 1. The number of hydrogen-bond acceptors (Lipinski definition) is 4. The van der Waals surface area contributed by atoms with Gasteiger partial charge in [-0.3, -0.25) is 9.59 Å². The Morgan fingerprint density at radius 2 is 1.49 bits per heavy atom. The smallest absolute Gasteiger partial charge is 0.295 e. The number of amides is 1. The molecular weight excluding hydrogens is 460 g/mol. The number of unbranched alkanes of at least 4 members (excludes halogenated alkanes) is 2. The number of Topliss-reactive ketones (excluding diaryl/α,β-unsaturated/α-hetero) is 1. The molecule has 188 valence electrons. The van der Waals surface area contributed by atoms with Crippen molar-refractivity contribution in [3.8, 4) is 0 Å². The van der Waals surface area contributed by atoms with Crippen LogP contribution < -0.4 is 0 Å². The first-order valence-electron chi connectivity index (χ1n) is 12.7. The van der Waals surface area contributed by atoms with E-state index in [0.717, 1.165) is 62.9 Å². The van der Waals surface area contributed by atoms with Crippen LogP contribution in [0.15, 0.2) is 54.1 Å². The van der Waals surface area contributed by atoms with E-state index in [-0.39, 0.29) is 11.3 Å². The van der Waals surface area contributed by atoms with E-state index in [1.165, 1.54) is 0 Å². The third kappa shape index (κ3) is 6.74. The molecule has 2 aromatic rings. The first kappa shape index (κ1) is 27.0. The zero-order valence-electron chi connectivity index (χ0n) is 21.1. The quantitative estimate of drug-likeness (QED) is 0.211. The Hall–Kier alpha value is -2.63. The Bertz CT molecular complexity index is 1020. The molecule has 0 radical (unpaired) electrons. The summed E-state index contributed by atoms with van der Waals surface area (Å²) >= 11 is 6.01. The molecule has 1 N–H and O–H groups in total. The molecule has 5 nitrogen and oxygen atoms in total. The number of likely N-dealkylation sites (tertiary alicyclic amines) is 1. The number of aryl methyl sites for hydroxylation is 1. The molecule has 6 heteroatoms. The number of rotatable bonds is 12. The van der Waals surface area contributed by atoms with Gasteiger partial charge >= 0.3 is 0 Å². The van der Waals surface area contributed by atoms with Crippen molar-refractivity contribution in [2.24, 2.45) is 0 Å². The van der Waals surface area contributed by atoms with Crippen molar-refractivity contribution < 1.29 is 14.7 Å². The van der Waals surface area contributed by atoms with Crippen LogP contribution >= 0.6 is 11.6 Å². The van der Waals surface area contributed by atoms with Crippen LogP contribution in [0.4, 0.5) is 0 Å². The average molecular weight is 497 g/mol. The summed E-state index contributed by atoms with van der Waals surface area (Å²) in [7, 11) is 0. The Morgan fingerprint density at radius 1 is 0.914 bits per heavy atom. The maximum atomic E-state index is 13.2. The van der Waals surface area contributed by atoms with Gasteiger partial charge in [0.25, 0.3) is 11.7 Å². The van der Waals surface area contributed by atoms with Crippen LogP contribution in [0.3, 0.4) is 0 Å². The first-order chi connectivity index (χ1) is 16.9. The highest BCUT2D eigenvalue weighted by molar-refractivity contribution is 6.46. The molecule has 35 heavy (non-hydrogen) atoms. The number of halogens is 1. The minimum atomic E-state index is -0.642. The highest BCUT2D eigenvalue weighted by Gasteiger charge is 2.45. The second-order valence-corrected chi connectivity index (χ2v) is 9.75. The summed E-state index contributed by atoms with van der Waals surface area (Å²) in [5.41, 5.74) is 2.51. The van der Waals surface area contributed by atoms with Crippen LogP contribution in [-0.4, -0.2) is 52.8 Å². The highest BCUT2D eigenvalue weighted by atomic mass is 35.5. The van der Waals surface area contributed by atoms with Crippen LogP contribution in [0.1, 0.15) is 68.7 Å². The lowest BCUT2D eigenvalue weighted by Gasteiger charge is -2.27. The highest BCUT2D eigenvalue weighted by Crippen LogP contribution is 2.39. The van der Waals surface area contributed by atoms with Crippen molar-refractivity contribution >= 4 is 29.1 Å². The molecule has 1 atom stereocenters. The summed E-state index contributed by atoms with van der Waals surface area (Å²) in [5, 5.41) is 11.7. The van der Waals surface area contributed by atoms with Crippen molar-refractivity contribution in [3.05, 3.63) is 75.8 Å². The zero-order chi connectivity index (χ0) is 25.4. The molecule has 0 saturated carbocycles. The van der Waals surface area contributed by atoms with Gasteiger partial charge in [0.05, 0.1) is 11.6 Å². The minimum absolute atomic E-state index is 0.134. The fourth-order valence-electron chi connectivity index (χ4n) is 4.53. The van der Waals surface area contributed by atoms with Crippen molar-refractivity contribution in [2.75, 3.05) is 26.2 Å². The van der Waals surface area contributed by atoms with E-state index >= 15 is 0 Å². The van der Waals surface area contributed by atoms with Gasteiger partial charge < -0.3 is 14.9 Å². The van der Waals surface area contributed by atoms with Crippen LogP contribution in [-0.2, 0) is 9.59 Å². The molecular formula is C29H37ClN2O3. The molecule has 0 unspecified atom stereocenters. The topological polar surface area (TPSA) is 60.9 Å². The normalized spacial score (nSPS) is 17.5. The number of aliphatic hydroxyl groups excluding tert-OH is 1. The maximum absolute atomic E-state index is 13.2. The summed E-state index contributed by atoms with van der Waals surface area (Å²) < 4.78 is 0. The number of carbonyl (C=O) groups is 2. The van der Waals surface area contributed by atoms with E-state index in [2.05, 4.69) is 18.7 Å². The summed E-state index contributed by atoms with van der Waals surface area (Å²) in [6.07, 6.45) is 5.37. The van der Waals surface area contributed by atoms with Crippen LogP contribution in [0.2, 0.25) is 5.02 Å². The fourth-order valence-corrected chi connectivity index (χ4v) is 4.66. The lowest BCUT2D eigenvalue weighted by molar-refractivity contribution is -0.140. The molecule has 2 aromatic carbocycles. The van der Waals surface area contributed by atoms with Crippen LogP contribution in [0, 0.1) is 6.92 Å². The van der Waals surface area contributed by atoms with Crippen LogP contribution in [0.25, 0.3) is 5.76 Å². The fraction of sp³-hybridized carbons (Fsp3) is 0.448. The van der Waals surface area contributed by atoms with Gasteiger partial charge in [-0.15, -0.1) is 0 Å². The second kappa shape index (κ2) is 12.9. The third-order valence-corrected chi connectivity index (χ3v) is 6.83. The molecule has 1 fully saturated rings. The van der Waals surface area contributed by atoms with Gasteiger partial charge in [-0.25, -0.2) is 0 Å². The molecule has 1 heterocycles. The largest absolute Gasteiger partial charge is 0.507 e. The van der Waals surface area contributed by atoms with E-state index in [4.69, 9.17) is 11.6 Å². The van der Waals surface area contributed by atoms with Gasteiger partial charge in [0.1, 0.15) is 5.76 Å². The monoisotopic (exact) mass is 496 g/mol. The molecule has 3 rings (SSSR count). The van der Waals surface area contributed by atoms with E-state index in [0.29, 0.717) is 17.1 Å². The lowest BCUT2D eigenvalue weighted by atomic mass is 9.94. The van der Waals surface area contributed by atoms with Crippen LogP contribution in [0.5, 0.6) is 0 Å². The number of aliphatic hydroxyl groups is 1. The minimum Gasteiger partial charge on any atom is -0.507 e. The lowest BCUT2D eigenvalue weighted by Crippen LogP contribution is -2.34. The molecule has 1 amide bonds. The summed E-state index contributed by atoms with van der Waals surface area (Å²) in [6.45, 7) is 9.81.